The summed E-state index contributed by atoms with van der Waals surface area (Å²) in [5.74, 6) is 0. The molecule has 0 aliphatic carbocycles. The van der Waals surface area contributed by atoms with Crippen LogP contribution in [0.1, 0.15) is 51.6 Å². The van der Waals surface area contributed by atoms with Gasteiger partial charge in [-0.1, -0.05) is 49.0 Å². The predicted octanol–water partition coefficient (Wildman–Crippen LogP) is 4.89. The van der Waals surface area contributed by atoms with Crippen molar-refractivity contribution in [3.8, 4) is 0 Å². The van der Waals surface area contributed by atoms with E-state index in [0.29, 0.717) is 22.6 Å². The Labute approximate surface area is 133 Å². The van der Waals surface area contributed by atoms with E-state index in [0.717, 1.165) is 12.1 Å². The monoisotopic (exact) mass is 316 g/mol. The molecule has 0 radical (unpaired) electrons. The van der Waals surface area contributed by atoms with Gasteiger partial charge in [-0.05, 0) is 44.5 Å². The third-order valence-electron chi connectivity index (χ3n) is 3.64. The SMILES string of the molecule is CCCCCN(C(C)C)C(CN)c1ccc(Cl)c(Cl)c1. The number of nitrogens with zero attached hydrogens (tertiary/aromatic N) is 1. The number of halogens is 2. The van der Waals surface area contributed by atoms with Gasteiger partial charge in [0.1, 0.15) is 0 Å². The van der Waals surface area contributed by atoms with E-state index in [-0.39, 0.29) is 6.04 Å². The van der Waals surface area contributed by atoms with Gasteiger partial charge in [0.25, 0.3) is 0 Å². The van der Waals surface area contributed by atoms with Crippen molar-refractivity contribution in [2.75, 3.05) is 13.1 Å². The Morgan fingerprint density at radius 2 is 1.85 bits per heavy atom. The molecule has 0 spiro atoms. The van der Waals surface area contributed by atoms with Crippen LogP contribution in [0.15, 0.2) is 18.2 Å². The second-order valence-corrected chi connectivity index (χ2v) is 6.28. The summed E-state index contributed by atoms with van der Waals surface area (Å²) >= 11 is 12.1. The molecule has 2 nitrogen and oxygen atoms in total. The summed E-state index contributed by atoms with van der Waals surface area (Å²) in [6, 6.07) is 6.47. The van der Waals surface area contributed by atoms with E-state index in [1.54, 1.807) is 0 Å². The molecule has 1 atom stereocenters. The van der Waals surface area contributed by atoms with Gasteiger partial charge in [0.2, 0.25) is 0 Å². The van der Waals surface area contributed by atoms with Crippen LogP contribution in [0.5, 0.6) is 0 Å². The number of unbranched alkanes of at least 4 members (excludes halogenated alkanes) is 2. The lowest BCUT2D eigenvalue weighted by atomic mass is 10.0. The maximum Gasteiger partial charge on any atom is 0.0595 e. The van der Waals surface area contributed by atoms with E-state index in [1.165, 1.54) is 19.3 Å². The van der Waals surface area contributed by atoms with E-state index in [2.05, 4.69) is 25.7 Å². The largest absolute Gasteiger partial charge is 0.329 e. The van der Waals surface area contributed by atoms with E-state index in [9.17, 15) is 0 Å². The van der Waals surface area contributed by atoms with Crippen LogP contribution < -0.4 is 5.73 Å². The van der Waals surface area contributed by atoms with Crippen LogP contribution in [0.25, 0.3) is 0 Å². The molecule has 20 heavy (non-hydrogen) atoms. The predicted molar refractivity (Wildman–Crippen MR) is 89.6 cm³/mol. The van der Waals surface area contributed by atoms with Crippen molar-refractivity contribution in [3.63, 3.8) is 0 Å². The molecule has 0 saturated carbocycles. The van der Waals surface area contributed by atoms with Gasteiger partial charge in [-0.15, -0.1) is 0 Å². The van der Waals surface area contributed by atoms with Gasteiger partial charge in [0.05, 0.1) is 10.0 Å². The molecular weight excluding hydrogens is 291 g/mol. The second-order valence-electron chi connectivity index (χ2n) is 5.46. The van der Waals surface area contributed by atoms with Gasteiger partial charge in [-0.2, -0.15) is 0 Å². The summed E-state index contributed by atoms with van der Waals surface area (Å²) in [6.45, 7) is 8.30. The third-order valence-corrected chi connectivity index (χ3v) is 4.37. The van der Waals surface area contributed by atoms with Crippen LogP contribution in [0.2, 0.25) is 10.0 Å². The van der Waals surface area contributed by atoms with E-state index in [4.69, 9.17) is 28.9 Å². The Bertz CT molecular complexity index is 407. The summed E-state index contributed by atoms with van der Waals surface area (Å²) < 4.78 is 0. The number of hydrogen-bond donors (Lipinski definition) is 1. The van der Waals surface area contributed by atoms with Gasteiger partial charge in [-0.3, -0.25) is 4.90 Å². The molecule has 0 bridgehead atoms. The van der Waals surface area contributed by atoms with Crippen molar-refractivity contribution >= 4 is 23.2 Å². The maximum absolute atomic E-state index is 6.13. The Kier molecular flexibility index (Phi) is 7.90. The lowest BCUT2D eigenvalue weighted by Gasteiger charge is -2.35. The molecule has 0 heterocycles. The van der Waals surface area contributed by atoms with Crippen LogP contribution >= 0.6 is 23.2 Å². The molecule has 0 fully saturated rings. The number of nitrogens with two attached hydrogens (primary N) is 1. The van der Waals surface area contributed by atoms with Crippen LogP contribution in [0, 0.1) is 0 Å². The lowest BCUT2D eigenvalue weighted by Crippen LogP contribution is -2.39. The van der Waals surface area contributed by atoms with Crippen molar-refractivity contribution in [2.45, 2.75) is 52.1 Å². The minimum absolute atomic E-state index is 0.196. The minimum atomic E-state index is 0.196. The fourth-order valence-corrected chi connectivity index (χ4v) is 2.81. The molecule has 1 unspecified atom stereocenters. The van der Waals surface area contributed by atoms with Crippen LogP contribution in [-0.2, 0) is 0 Å². The fourth-order valence-electron chi connectivity index (χ4n) is 2.50. The highest BCUT2D eigenvalue weighted by molar-refractivity contribution is 6.42. The highest BCUT2D eigenvalue weighted by atomic mass is 35.5. The fraction of sp³-hybridized carbons (Fsp3) is 0.625. The van der Waals surface area contributed by atoms with Gasteiger partial charge in [0, 0.05) is 18.6 Å². The number of hydrogen-bond acceptors (Lipinski definition) is 2. The van der Waals surface area contributed by atoms with Gasteiger partial charge in [0.15, 0.2) is 0 Å². The molecule has 2 N–H and O–H groups in total. The normalized spacial score (nSPS) is 13.2. The lowest BCUT2D eigenvalue weighted by molar-refractivity contribution is 0.154. The van der Waals surface area contributed by atoms with E-state index in [1.807, 2.05) is 18.2 Å². The third kappa shape index (κ3) is 4.92. The van der Waals surface area contributed by atoms with E-state index >= 15 is 0 Å². The summed E-state index contributed by atoms with van der Waals surface area (Å²) in [5.41, 5.74) is 7.16. The van der Waals surface area contributed by atoms with Crippen LogP contribution in [-0.4, -0.2) is 24.0 Å². The molecule has 0 aliphatic heterocycles. The summed E-state index contributed by atoms with van der Waals surface area (Å²) in [4.78, 5) is 2.45. The zero-order chi connectivity index (χ0) is 15.1. The first-order valence-electron chi connectivity index (χ1n) is 7.42. The topological polar surface area (TPSA) is 29.3 Å². The standard InChI is InChI=1S/C16H26Cl2N2/c1-4-5-6-9-20(12(2)3)16(11-19)13-7-8-14(17)15(18)10-13/h7-8,10,12,16H,4-6,9,11,19H2,1-3H3. The Morgan fingerprint density at radius 1 is 1.15 bits per heavy atom. The van der Waals surface area contributed by atoms with Gasteiger partial charge >= 0.3 is 0 Å². The second kappa shape index (κ2) is 8.89. The minimum Gasteiger partial charge on any atom is -0.329 e. The Balaban J connectivity index is 2.91. The Morgan fingerprint density at radius 3 is 2.35 bits per heavy atom. The number of rotatable bonds is 8. The van der Waals surface area contributed by atoms with Crippen molar-refractivity contribution in [2.24, 2.45) is 5.73 Å². The van der Waals surface area contributed by atoms with Crippen LogP contribution in [0.3, 0.4) is 0 Å². The molecule has 4 heteroatoms. The van der Waals surface area contributed by atoms with E-state index < -0.39 is 0 Å². The highest BCUT2D eigenvalue weighted by Crippen LogP contribution is 2.29. The molecule has 0 aliphatic rings. The van der Waals surface area contributed by atoms with Crippen LogP contribution in [0.4, 0.5) is 0 Å². The van der Waals surface area contributed by atoms with Gasteiger partial charge in [-0.25, -0.2) is 0 Å². The summed E-state index contributed by atoms with van der Waals surface area (Å²) in [5, 5.41) is 1.19. The smallest absolute Gasteiger partial charge is 0.0595 e. The zero-order valence-electron chi connectivity index (χ0n) is 12.7. The van der Waals surface area contributed by atoms with Gasteiger partial charge < -0.3 is 5.73 Å². The average Bonchev–Trinajstić information content (AvgIpc) is 2.41. The summed E-state index contributed by atoms with van der Waals surface area (Å²) in [7, 11) is 0. The molecule has 1 rings (SSSR count). The first-order chi connectivity index (χ1) is 9.51. The zero-order valence-corrected chi connectivity index (χ0v) is 14.2. The maximum atomic E-state index is 6.13. The number of benzene rings is 1. The first-order valence-corrected chi connectivity index (χ1v) is 8.17. The van der Waals surface area contributed by atoms with Crippen molar-refractivity contribution in [1.82, 2.24) is 4.90 Å². The molecule has 0 amide bonds. The van der Waals surface area contributed by atoms with Crippen molar-refractivity contribution in [3.05, 3.63) is 33.8 Å². The average molecular weight is 317 g/mol. The van der Waals surface area contributed by atoms with Crippen molar-refractivity contribution in [1.29, 1.82) is 0 Å². The highest BCUT2D eigenvalue weighted by Gasteiger charge is 2.21. The molecule has 0 aromatic heterocycles. The molecule has 114 valence electrons. The molecular formula is C16H26Cl2N2. The first kappa shape index (κ1) is 17.8. The summed E-state index contributed by atoms with van der Waals surface area (Å²) in [6.07, 6.45) is 3.68. The quantitative estimate of drug-likeness (QED) is 0.691. The molecule has 1 aromatic rings. The van der Waals surface area contributed by atoms with Crippen molar-refractivity contribution < 1.29 is 0 Å². The Hall–Kier alpha value is -0.280. The molecule has 0 saturated heterocycles. The molecule has 1 aromatic carbocycles.